The van der Waals surface area contributed by atoms with Gasteiger partial charge in [0.15, 0.2) is 0 Å². The van der Waals surface area contributed by atoms with Crippen molar-refractivity contribution in [2.75, 3.05) is 33.4 Å². The fourth-order valence-corrected chi connectivity index (χ4v) is 1.56. The van der Waals surface area contributed by atoms with Crippen molar-refractivity contribution in [3.8, 4) is 0 Å². The molecule has 1 amide bonds. The van der Waals surface area contributed by atoms with Gasteiger partial charge in [-0.25, -0.2) is 4.79 Å². The number of nitrogens with zero attached hydrogens (tertiary/aromatic N) is 1. The highest BCUT2D eigenvalue weighted by Gasteiger charge is 2.25. The molecule has 1 N–H and O–H groups in total. The van der Waals surface area contributed by atoms with Crippen LogP contribution in [0.1, 0.15) is 20.8 Å². The first-order chi connectivity index (χ1) is 7.42. The molecular weight excluding hydrogens is 208 g/mol. The Bertz CT molecular complexity index is 238. The standard InChI is InChI=1S/C11H22N2O3/c1-11(2,3)12-7-9-8-13(5-6-16-9)10(14)15-4/h9,12H,5-8H2,1-4H3/t9-/m1/s1. The predicted molar refractivity (Wildman–Crippen MR) is 61.5 cm³/mol. The van der Waals surface area contributed by atoms with Gasteiger partial charge in [0.1, 0.15) is 0 Å². The molecule has 1 heterocycles. The molecule has 1 rings (SSSR count). The monoisotopic (exact) mass is 230 g/mol. The molecule has 0 bridgehead atoms. The summed E-state index contributed by atoms with van der Waals surface area (Å²) in [4.78, 5) is 13.0. The minimum atomic E-state index is -0.274. The summed E-state index contributed by atoms with van der Waals surface area (Å²) in [5.74, 6) is 0. The molecule has 16 heavy (non-hydrogen) atoms. The van der Waals surface area contributed by atoms with E-state index in [-0.39, 0.29) is 17.7 Å². The van der Waals surface area contributed by atoms with E-state index < -0.39 is 0 Å². The fraction of sp³-hybridized carbons (Fsp3) is 0.909. The zero-order valence-corrected chi connectivity index (χ0v) is 10.6. The van der Waals surface area contributed by atoms with Crippen molar-refractivity contribution in [2.24, 2.45) is 0 Å². The molecule has 94 valence electrons. The van der Waals surface area contributed by atoms with Crippen LogP contribution in [-0.2, 0) is 9.47 Å². The molecule has 0 aliphatic carbocycles. The van der Waals surface area contributed by atoms with Crippen molar-refractivity contribution in [1.82, 2.24) is 10.2 Å². The molecule has 1 aliphatic heterocycles. The van der Waals surface area contributed by atoms with E-state index in [1.54, 1.807) is 4.90 Å². The van der Waals surface area contributed by atoms with Crippen molar-refractivity contribution in [3.63, 3.8) is 0 Å². The second kappa shape index (κ2) is 5.50. The Morgan fingerprint density at radius 3 is 2.81 bits per heavy atom. The minimum Gasteiger partial charge on any atom is -0.453 e. The van der Waals surface area contributed by atoms with Crippen LogP contribution < -0.4 is 5.32 Å². The Morgan fingerprint density at radius 2 is 2.25 bits per heavy atom. The van der Waals surface area contributed by atoms with Crippen LogP contribution >= 0.6 is 0 Å². The van der Waals surface area contributed by atoms with Crippen LogP contribution in [0.2, 0.25) is 0 Å². The third-order valence-corrected chi connectivity index (χ3v) is 2.43. The smallest absolute Gasteiger partial charge is 0.409 e. The maximum Gasteiger partial charge on any atom is 0.409 e. The number of nitrogens with one attached hydrogen (secondary N) is 1. The average molecular weight is 230 g/mol. The van der Waals surface area contributed by atoms with Gasteiger partial charge in [0.25, 0.3) is 0 Å². The second-order valence-corrected chi connectivity index (χ2v) is 5.04. The number of amides is 1. The Labute approximate surface area is 97.1 Å². The molecule has 5 heteroatoms. The SMILES string of the molecule is COC(=O)N1CCO[C@H](CNC(C)(C)C)C1. The second-order valence-electron chi connectivity index (χ2n) is 5.04. The van der Waals surface area contributed by atoms with Gasteiger partial charge in [-0.2, -0.15) is 0 Å². The van der Waals surface area contributed by atoms with Crippen molar-refractivity contribution in [3.05, 3.63) is 0 Å². The highest BCUT2D eigenvalue weighted by atomic mass is 16.5. The molecule has 1 aliphatic rings. The van der Waals surface area contributed by atoms with Crippen molar-refractivity contribution in [2.45, 2.75) is 32.4 Å². The average Bonchev–Trinajstić information content (AvgIpc) is 2.25. The van der Waals surface area contributed by atoms with Gasteiger partial charge in [0.05, 0.1) is 26.4 Å². The van der Waals surface area contributed by atoms with Gasteiger partial charge in [-0.1, -0.05) is 0 Å². The van der Waals surface area contributed by atoms with E-state index in [1.165, 1.54) is 7.11 Å². The lowest BCUT2D eigenvalue weighted by Crippen LogP contribution is -2.51. The molecule has 1 fully saturated rings. The first-order valence-corrected chi connectivity index (χ1v) is 5.62. The van der Waals surface area contributed by atoms with Crippen LogP contribution in [0.5, 0.6) is 0 Å². The number of carbonyl (C=O) groups is 1. The number of methoxy groups -OCH3 is 1. The number of carbonyl (C=O) groups excluding carboxylic acids is 1. The quantitative estimate of drug-likeness (QED) is 0.764. The normalized spacial score (nSPS) is 22.0. The minimum absolute atomic E-state index is 0.0482. The first kappa shape index (κ1) is 13.3. The number of ether oxygens (including phenoxy) is 2. The number of hydrogen-bond donors (Lipinski definition) is 1. The molecule has 0 unspecified atom stereocenters. The van der Waals surface area contributed by atoms with E-state index in [4.69, 9.17) is 9.47 Å². The molecule has 0 radical (unpaired) electrons. The number of morpholine rings is 1. The van der Waals surface area contributed by atoms with Crippen LogP contribution in [0.15, 0.2) is 0 Å². The van der Waals surface area contributed by atoms with E-state index in [9.17, 15) is 4.79 Å². The summed E-state index contributed by atoms with van der Waals surface area (Å²) in [7, 11) is 1.40. The summed E-state index contributed by atoms with van der Waals surface area (Å²) in [5.41, 5.74) is 0.0664. The van der Waals surface area contributed by atoms with Gasteiger partial charge in [-0.05, 0) is 20.8 Å². The van der Waals surface area contributed by atoms with E-state index in [2.05, 4.69) is 26.1 Å². The van der Waals surface area contributed by atoms with Crippen molar-refractivity contribution in [1.29, 1.82) is 0 Å². The maximum atomic E-state index is 11.3. The highest BCUT2D eigenvalue weighted by molar-refractivity contribution is 5.67. The summed E-state index contributed by atoms with van der Waals surface area (Å²) in [6, 6.07) is 0. The summed E-state index contributed by atoms with van der Waals surface area (Å²) in [5, 5.41) is 3.37. The first-order valence-electron chi connectivity index (χ1n) is 5.62. The predicted octanol–water partition coefficient (Wildman–Crippen LogP) is 0.842. The molecular formula is C11H22N2O3. The number of hydrogen-bond acceptors (Lipinski definition) is 4. The lowest BCUT2D eigenvalue weighted by Gasteiger charge is -2.33. The van der Waals surface area contributed by atoms with Crippen LogP contribution in [0.4, 0.5) is 4.79 Å². The highest BCUT2D eigenvalue weighted by Crippen LogP contribution is 2.07. The van der Waals surface area contributed by atoms with Crippen LogP contribution in [-0.4, -0.2) is 56.0 Å². The molecule has 0 spiro atoms. The van der Waals surface area contributed by atoms with Crippen molar-refractivity contribution < 1.29 is 14.3 Å². The summed E-state index contributed by atoms with van der Waals surface area (Å²) in [6.45, 7) is 8.84. The molecule has 1 saturated heterocycles. The van der Waals surface area contributed by atoms with Crippen molar-refractivity contribution >= 4 is 6.09 Å². The molecule has 0 aromatic rings. The Kier molecular flexibility index (Phi) is 4.56. The Morgan fingerprint density at radius 1 is 1.56 bits per heavy atom. The topological polar surface area (TPSA) is 50.8 Å². The summed E-state index contributed by atoms with van der Waals surface area (Å²) in [6.07, 6.45) is -0.226. The lowest BCUT2D eigenvalue weighted by atomic mass is 10.1. The van der Waals surface area contributed by atoms with E-state index in [1.807, 2.05) is 0 Å². The van der Waals surface area contributed by atoms with Crippen LogP contribution in [0.3, 0.4) is 0 Å². The van der Waals surface area contributed by atoms with Gasteiger partial charge in [-0.3, -0.25) is 0 Å². The van der Waals surface area contributed by atoms with Gasteiger partial charge < -0.3 is 19.7 Å². The van der Waals surface area contributed by atoms with Gasteiger partial charge in [-0.15, -0.1) is 0 Å². The summed E-state index contributed by atoms with van der Waals surface area (Å²) >= 11 is 0. The molecule has 0 saturated carbocycles. The van der Waals surface area contributed by atoms with Gasteiger partial charge in [0, 0.05) is 18.6 Å². The lowest BCUT2D eigenvalue weighted by molar-refractivity contribution is -0.0253. The number of rotatable bonds is 2. The maximum absolute atomic E-state index is 11.3. The fourth-order valence-electron chi connectivity index (χ4n) is 1.56. The zero-order valence-electron chi connectivity index (χ0n) is 10.6. The molecule has 5 nitrogen and oxygen atoms in total. The Hall–Kier alpha value is -0.810. The summed E-state index contributed by atoms with van der Waals surface area (Å²) < 4.78 is 10.3. The van der Waals surface area contributed by atoms with Crippen LogP contribution in [0.25, 0.3) is 0 Å². The zero-order chi connectivity index (χ0) is 12.2. The third-order valence-electron chi connectivity index (χ3n) is 2.43. The molecule has 1 atom stereocenters. The van der Waals surface area contributed by atoms with E-state index in [0.717, 1.165) is 6.54 Å². The molecule has 0 aromatic heterocycles. The Balaban J connectivity index is 2.36. The molecule has 0 aromatic carbocycles. The van der Waals surface area contributed by atoms with Gasteiger partial charge in [0.2, 0.25) is 0 Å². The van der Waals surface area contributed by atoms with Gasteiger partial charge >= 0.3 is 6.09 Å². The van der Waals surface area contributed by atoms with Crippen LogP contribution in [0, 0.1) is 0 Å². The third kappa shape index (κ3) is 4.37. The van der Waals surface area contributed by atoms with E-state index >= 15 is 0 Å². The van der Waals surface area contributed by atoms with E-state index in [0.29, 0.717) is 19.7 Å². The largest absolute Gasteiger partial charge is 0.453 e.